The minimum absolute atomic E-state index is 0.00694. The maximum atomic E-state index is 13.4. The zero-order chi connectivity index (χ0) is 19.5. The molecule has 7 heteroatoms. The first-order valence-electron chi connectivity index (χ1n) is 10.2. The minimum Gasteiger partial charge on any atom is -0.361 e. The van der Waals surface area contributed by atoms with Gasteiger partial charge in [-0.15, -0.1) is 0 Å². The van der Waals surface area contributed by atoms with Crippen molar-refractivity contribution < 1.29 is 0 Å². The highest BCUT2D eigenvalue weighted by Gasteiger charge is 2.17. The van der Waals surface area contributed by atoms with Gasteiger partial charge in [-0.2, -0.15) is 4.98 Å². The zero-order valence-electron chi connectivity index (χ0n) is 16.7. The van der Waals surface area contributed by atoms with Crippen molar-refractivity contribution in [3.63, 3.8) is 0 Å². The van der Waals surface area contributed by atoms with Crippen LogP contribution in [0.2, 0.25) is 0 Å². The Labute approximate surface area is 164 Å². The summed E-state index contributed by atoms with van der Waals surface area (Å²) in [5, 5.41) is 4.10. The second-order valence-corrected chi connectivity index (χ2v) is 7.40. The first kappa shape index (κ1) is 18.7. The van der Waals surface area contributed by atoms with Gasteiger partial charge < -0.3 is 15.2 Å². The fraction of sp³-hybridized carbons (Fsp3) is 0.476. The molecule has 2 N–H and O–H groups in total. The number of hydrogen-bond donors (Lipinski definition) is 2. The number of aryl methyl sites for hydroxylation is 1. The molecule has 0 atom stereocenters. The molecule has 1 saturated heterocycles. The molecule has 7 nitrogen and oxygen atoms in total. The van der Waals surface area contributed by atoms with Gasteiger partial charge >= 0.3 is 0 Å². The molecule has 3 aromatic rings. The molecule has 1 aliphatic heterocycles. The van der Waals surface area contributed by atoms with E-state index in [1.54, 1.807) is 0 Å². The highest BCUT2D eigenvalue weighted by Crippen LogP contribution is 2.22. The summed E-state index contributed by atoms with van der Waals surface area (Å²) in [4.78, 5) is 28.3. The van der Waals surface area contributed by atoms with Crippen LogP contribution in [0.25, 0.3) is 22.3 Å². The van der Waals surface area contributed by atoms with Crippen molar-refractivity contribution in [2.75, 3.05) is 31.5 Å². The molecule has 0 aliphatic carbocycles. The lowest BCUT2D eigenvalue weighted by molar-refractivity contribution is 0.221. The van der Waals surface area contributed by atoms with Crippen molar-refractivity contribution in [3.8, 4) is 11.3 Å². The maximum absolute atomic E-state index is 13.4. The standard InChI is InChI=1S/C21H28N6O/c1-3-22-21-24-15(2)16-14-17(18-8-7-9-23-18)20(28)27(19(16)25-21)13-12-26-10-5-4-6-11-26/h7-9,14,23H,3-6,10-13H2,1-2H3,(H,22,24,25). The summed E-state index contributed by atoms with van der Waals surface area (Å²) >= 11 is 0. The Morgan fingerprint density at radius 1 is 1.18 bits per heavy atom. The summed E-state index contributed by atoms with van der Waals surface area (Å²) < 4.78 is 1.83. The number of pyridine rings is 1. The molecular weight excluding hydrogens is 352 g/mol. The van der Waals surface area contributed by atoms with Gasteiger partial charge in [-0.05, 0) is 58.0 Å². The third kappa shape index (κ3) is 3.67. The van der Waals surface area contributed by atoms with E-state index in [4.69, 9.17) is 0 Å². The van der Waals surface area contributed by atoms with Crippen molar-refractivity contribution in [2.24, 2.45) is 0 Å². The van der Waals surface area contributed by atoms with E-state index in [1.165, 1.54) is 19.3 Å². The molecule has 0 aromatic carbocycles. The van der Waals surface area contributed by atoms with E-state index < -0.39 is 0 Å². The van der Waals surface area contributed by atoms with E-state index in [-0.39, 0.29) is 5.56 Å². The van der Waals surface area contributed by atoms with Crippen LogP contribution in [0.3, 0.4) is 0 Å². The smallest absolute Gasteiger partial charge is 0.261 e. The largest absolute Gasteiger partial charge is 0.361 e. The molecule has 28 heavy (non-hydrogen) atoms. The maximum Gasteiger partial charge on any atom is 0.261 e. The third-order valence-electron chi connectivity index (χ3n) is 5.45. The monoisotopic (exact) mass is 380 g/mol. The number of rotatable bonds is 6. The van der Waals surface area contributed by atoms with E-state index >= 15 is 0 Å². The van der Waals surface area contributed by atoms with Gasteiger partial charge in [0, 0.05) is 31.2 Å². The molecule has 1 aliphatic rings. The molecule has 0 unspecified atom stereocenters. The van der Waals surface area contributed by atoms with Crippen molar-refractivity contribution in [2.45, 2.75) is 39.7 Å². The van der Waals surface area contributed by atoms with E-state index in [9.17, 15) is 4.79 Å². The van der Waals surface area contributed by atoms with Crippen LogP contribution < -0.4 is 10.9 Å². The Balaban J connectivity index is 1.82. The number of aromatic nitrogens is 4. The summed E-state index contributed by atoms with van der Waals surface area (Å²) in [5.41, 5.74) is 3.07. The van der Waals surface area contributed by atoms with Crippen LogP contribution in [0.1, 0.15) is 31.9 Å². The number of anilines is 1. The lowest BCUT2D eigenvalue weighted by Gasteiger charge is -2.26. The SMILES string of the molecule is CCNc1nc(C)c2cc(-c3ccc[nH]3)c(=O)n(CCN3CCCCC3)c2n1. The lowest BCUT2D eigenvalue weighted by atomic mass is 10.1. The predicted molar refractivity (Wildman–Crippen MR) is 113 cm³/mol. The summed E-state index contributed by atoms with van der Waals surface area (Å²) in [6.07, 6.45) is 5.63. The molecule has 3 aromatic heterocycles. The van der Waals surface area contributed by atoms with Crippen LogP contribution in [0.15, 0.2) is 29.2 Å². The van der Waals surface area contributed by atoms with E-state index in [1.807, 2.05) is 42.8 Å². The molecular formula is C21H28N6O. The second kappa shape index (κ2) is 8.14. The van der Waals surface area contributed by atoms with Crippen LogP contribution in [-0.4, -0.2) is 50.6 Å². The Bertz CT molecular complexity index is 1000. The van der Waals surface area contributed by atoms with Crippen LogP contribution >= 0.6 is 0 Å². The van der Waals surface area contributed by atoms with Crippen molar-refractivity contribution in [3.05, 3.63) is 40.4 Å². The van der Waals surface area contributed by atoms with Crippen molar-refractivity contribution in [1.82, 2.24) is 24.4 Å². The predicted octanol–water partition coefficient (Wildman–Crippen LogP) is 3.01. The summed E-state index contributed by atoms with van der Waals surface area (Å²) in [5.74, 6) is 0.575. The second-order valence-electron chi connectivity index (χ2n) is 7.40. The van der Waals surface area contributed by atoms with Crippen LogP contribution in [0.5, 0.6) is 0 Å². The van der Waals surface area contributed by atoms with E-state index in [0.29, 0.717) is 23.7 Å². The van der Waals surface area contributed by atoms with Gasteiger partial charge in [0.1, 0.15) is 5.65 Å². The molecule has 0 saturated carbocycles. The number of piperidine rings is 1. The number of nitrogens with zero attached hydrogens (tertiary/aromatic N) is 4. The van der Waals surface area contributed by atoms with Gasteiger partial charge in [-0.25, -0.2) is 4.98 Å². The summed E-state index contributed by atoms with van der Waals surface area (Å²) in [6.45, 7) is 8.45. The molecule has 0 amide bonds. The van der Waals surface area contributed by atoms with Crippen LogP contribution in [0.4, 0.5) is 5.95 Å². The third-order valence-corrected chi connectivity index (χ3v) is 5.45. The normalized spacial score (nSPS) is 15.2. The number of nitrogens with one attached hydrogen (secondary N) is 2. The first-order valence-corrected chi connectivity index (χ1v) is 10.2. The topological polar surface area (TPSA) is 78.8 Å². The number of fused-ring (bicyclic) bond motifs is 1. The average molecular weight is 380 g/mol. The average Bonchev–Trinajstić information content (AvgIpc) is 3.23. The highest BCUT2D eigenvalue weighted by atomic mass is 16.1. The molecule has 0 bridgehead atoms. The fourth-order valence-corrected chi connectivity index (χ4v) is 3.95. The van der Waals surface area contributed by atoms with Crippen molar-refractivity contribution >= 4 is 17.0 Å². The molecule has 1 fully saturated rings. The van der Waals surface area contributed by atoms with Crippen LogP contribution in [0, 0.1) is 6.92 Å². The zero-order valence-corrected chi connectivity index (χ0v) is 16.7. The van der Waals surface area contributed by atoms with Gasteiger partial charge in [0.2, 0.25) is 5.95 Å². The fourth-order valence-electron chi connectivity index (χ4n) is 3.95. The Hall–Kier alpha value is -2.67. The lowest BCUT2D eigenvalue weighted by Crippen LogP contribution is -2.35. The molecule has 0 radical (unpaired) electrons. The van der Waals surface area contributed by atoms with Crippen molar-refractivity contribution in [1.29, 1.82) is 0 Å². The Morgan fingerprint density at radius 3 is 2.71 bits per heavy atom. The number of aromatic amines is 1. The Morgan fingerprint density at radius 2 is 2.00 bits per heavy atom. The summed E-state index contributed by atoms with van der Waals surface area (Å²) in [6, 6.07) is 5.77. The highest BCUT2D eigenvalue weighted by molar-refractivity contribution is 5.83. The minimum atomic E-state index is -0.00694. The van der Waals surface area contributed by atoms with Gasteiger partial charge in [-0.1, -0.05) is 6.42 Å². The van der Waals surface area contributed by atoms with E-state index in [2.05, 4.69) is 25.2 Å². The number of H-pyrrole nitrogens is 1. The van der Waals surface area contributed by atoms with Gasteiger partial charge in [0.25, 0.3) is 5.56 Å². The molecule has 4 rings (SSSR count). The quantitative estimate of drug-likeness (QED) is 0.687. The molecule has 148 valence electrons. The van der Waals surface area contributed by atoms with Crippen LogP contribution in [-0.2, 0) is 6.54 Å². The Kier molecular flexibility index (Phi) is 5.43. The number of likely N-dealkylation sites (tertiary alicyclic amines) is 1. The first-order chi connectivity index (χ1) is 13.7. The molecule has 4 heterocycles. The molecule has 0 spiro atoms. The van der Waals surface area contributed by atoms with E-state index in [0.717, 1.165) is 43.0 Å². The summed E-state index contributed by atoms with van der Waals surface area (Å²) in [7, 11) is 0. The van der Waals surface area contributed by atoms with Gasteiger partial charge in [-0.3, -0.25) is 9.36 Å². The van der Waals surface area contributed by atoms with Gasteiger partial charge in [0.15, 0.2) is 0 Å². The number of hydrogen-bond acceptors (Lipinski definition) is 5. The van der Waals surface area contributed by atoms with Gasteiger partial charge in [0.05, 0.1) is 17.0 Å².